The third-order valence-corrected chi connectivity index (χ3v) is 7.01. The van der Waals surface area contributed by atoms with Gasteiger partial charge in [0.25, 0.3) is 11.2 Å². The van der Waals surface area contributed by atoms with Gasteiger partial charge in [0, 0.05) is 12.5 Å². The maximum absolute atomic E-state index is 12.8. The molecule has 0 saturated carbocycles. The number of nitrogens with one attached hydrogen (secondary N) is 1. The Hall–Kier alpha value is -2.00. The maximum Gasteiger partial charge on any atom is 0.364 e. The highest BCUT2D eigenvalue weighted by atomic mass is 79.9. The van der Waals surface area contributed by atoms with Gasteiger partial charge in [0.2, 0.25) is 0 Å². The van der Waals surface area contributed by atoms with Crippen molar-refractivity contribution < 1.29 is 33.8 Å². The molecule has 0 spiro atoms. The van der Waals surface area contributed by atoms with Gasteiger partial charge in [0.1, 0.15) is 17.5 Å². The van der Waals surface area contributed by atoms with Gasteiger partial charge in [-0.3, -0.25) is 4.79 Å². The van der Waals surface area contributed by atoms with Crippen molar-refractivity contribution in [3.05, 3.63) is 50.4 Å². The Labute approximate surface area is 210 Å². The first-order valence-corrected chi connectivity index (χ1v) is 12.4. The van der Waals surface area contributed by atoms with E-state index in [1.54, 1.807) is 12.1 Å². The molecule has 0 heterocycles. The highest BCUT2D eigenvalue weighted by molar-refractivity contribution is 9.11. The molecule has 4 atom stereocenters. The highest BCUT2D eigenvalue weighted by Crippen LogP contribution is 2.42. The molecule has 0 saturated heterocycles. The number of aliphatic hydroxyl groups is 1. The Morgan fingerprint density at radius 3 is 2.33 bits per heavy atom. The lowest BCUT2D eigenvalue weighted by Crippen LogP contribution is -2.45. The largest absolute Gasteiger partial charge is 0.507 e. The number of halogens is 2. The van der Waals surface area contributed by atoms with Crippen molar-refractivity contribution in [3.8, 4) is 17.2 Å². The fraction of sp³-hybridized carbons (Fsp3) is 0.364. The summed E-state index contributed by atoms with van der Waals surface area (Å²) < 4.78 is 22.9. The van der Waals surface area contributed by atoms with Crippen LogP contribution in [0.4, 0.5) is 0 Å². The molecule has 4 unspecified atom stereocenters. The van der Waals surface area contributed by atoms with Crippen molar-refractivity contribution in [1.82, 2.24) is 5.32 Å². The number of hydrogen-bond acceptors (Lipinski definition) is 7. The van der Waals surface area contributed by atoms with E-state index < -0.39 is 31.7 Å². The topological polar surface area (TPSA) is 122 Å². The van der Waals surface area contributed by atoms with Crippen LogP contribution in [-0.2, 0) is 19.4 Å². The number of benzene rings is 2. The number of phenols is 1. The summed E-state index contributed by atoms with van der Waals surface area (Å²) in [6.45, 7) is 5.13. The van der Waals surface area contributed by atoms with Crippen molar-refractivity contribution in [2.45, 2.75) is 38.6 Å². The van der Waals surface area contributed by atoms with Crippen LogP contribution in [0.5, 0.6) is 17.2 Å². The summed E-state index contributed by atoms with van der Waals surface area (Å²) >= 11 is 6.75. The lowest BCUT2D eigenvalue weighted by atomic mass is 9.98. The fourth-order valence-corrected chi connectivity index (χ4v) is 4.50. The molecule has 2 aromatic rings. The van der Waals surface area contributed by atoms with Gasteiger partial charge < -0.3 is 25.0 Å². The molecule has 33 heavy (non-hydrogen) atoms. The van der Waals surface area contributed by atoms with Crippen LogP contribution in [0.3, 0.4) is 0 Å². The summed E-state index contributed by atoms with van der Waals surface area (Å²) in [6, 6.07) is 6.40. The summed E-state index contributed by atoms with van der Waals surface area (Å²) in [5, 5.41) is 21.6. The van der Waals surface area contributed by atoms with E-state index in [2.05, 4.69) is 37.2 Å². The monoisotopic (exact) mass is 604 g/mol. The second kappa shape index (κ2) is 11.4. The van der Waals surface area contributed by atoms with Gasteiger partial charge in [-0.2, -0.15) is 0 Å². The molecule has 0 aliphatic rings. The zero-order valence-electron chi connectivity index (χ0n) is 18.4. The van der Waals surface area contributed by atoms with Crippen LogP contribution in [0.25, 0.3) is 0 Å². The number of esters is 1. The SMILES string of the molecule is CCC(C)C(NC(=O)c1cc(Oc2c(Br)cc(C(C)(O)[PH+]=O)cc2Br)ccc1O)C(=O)OC. The van der Waals surface area contributed by atoms with Crippen LogP contribution in [0, 0.1) is 5.92 Å². The second-order valence-electron chi connectivity index (χ2n) is 7.58. The Morgan fingerprint density at radius 2 is 1.82 bits per heavy atom. The van der Waals surface area contributed by atoms with Gasteiger partial charge >= 0.3 is 14.4 Å². The predicted molar refractivity (Wildman–Crippen MR) is 131 cm³/mol. The molecule has 1 amide bonds. The van der Waals surface area contributed by atoms with E-state index in [9.17, 15) is 24.4 Å². The van der Waals surface area contributed by atoms with E-state index in [0.717, 1.165) is 0 Å². The fourth-order valence-electron chi connectivity index (χ4n) is 2.89. The number of aromatic hydroxyl groups is 1. The summed E-state index contributed by atoms with van der Waals surface area (Å²) in [5.41, 5.74) is 0.329. The Balaban J connectivity index is 2.35. The maximum atomic E-state index is 12.8. The Kier molecular flexibility index (Phi) is 9.43. The Morgan fingerprint density at radius 1 is 1.21 bits per heavy atom. The van der Waals surface area contributed by atoms with Crippen LogP contribution in [0.1, 0.15) is 43.1 Å². The van der Waals surface area contributed by atoms with Gasteiger partial charge in [-0.25, -0.2) is 4.79 Å². The van der Waals surface area contributed by atoms with E-state index in [1.807, 2.05) is 13.8 Å². The van der Waals surface area contributed by atoms with Crippen LogP contribution >= 0.6 is 40.3 Å². The van der Waals surface area contributed by atoms with E-state index in [0.29, 0.717) is 26.7 Å². The molecule has 2 aromatic carbocycles. The van der Waals surface area contributed by atoms with Crippen molar-refractivity contribution in [1.29, 1.82) is 0 Å². The lowest BCUT2D eigenvalue weighted by Gasteiger charge is -2.22. The van der Waals surface area contributed by atoms with Crippen LogP contribution < -0.4 is 10.1 Å². The minimum absolute atomic E-state index is 0.0796. The van der Waals surface area contributed by atoms with Gasteiger partial charge in [-0.15, -0.1) is 0 Å². The van der Waals surface area contributed by atoms with E-state index in [-0.39, 0.29) is 23.0 Å². The summed E-state index contributed by atoms with van der Waals surface area (Å²) in [5.74, 6) is -1.12. The number of carbonyl (C=O) groups is 2. The molecule has 0 aromatic heterocycles. The van der Waals surface area contributed by atoms with Gasteiger partial charge in [-0.1, -0.05) is 24.8 Å². The number of phenolic OH excluding ortho intramolecular Hbond substituents is 1. The predicted octanol–water partition coefficient (Wildman–Crippen LogP) is 5.22. The zero-order chi connectivity index (χ0) is 24.9. The van der Waals surface area contributed by atoms with E-state index in [1.165, 1.54) is 32.2 Å². The third-order valence-electron chi connectivity index (χ3n) is 5.15. The average molecular weight is 606 g/mol. The number of methoxy groups -OCH3 is 1. The van der Waals surface area contributed by atoms with Crippen molar-refractivity contribution >= 4 is 52.2 Å². The van der Waals surface area contributed by atoms with Crippen LogP contribution in [0.2, 0.25) is 0 Å². The van der Waals surface area contributed by atoms with Crippen molar-refractivity contribution in [2.75, 3.05) is 7.11 Å². The standard InChI is InChI=1S/C22H24Br2NO7P/c1-5-11(2)18(21(28)31-4)25-20(27)14-10-13(6-7-17(14)26)32-19-15(23)8-12(9-16(19)24)22(3,29)33-30/h6-11,18,26,29H,5H2,1-4H3,(H,25,27)/p+1. The van der Waals surface area contributed by atoms with Crippen molar-refractivity contribution in [3.63, 3.8) is 0 Å². The minimum atomic E-state index is -1.53. The minimum Gasteiger partial charge on any atom is -0.507 e. The number of ether oxygens (including phenoxy) is 2. The van der Waals surface area contributed by atoms with E-state index in [4.69, 9.17) is 9.47 Å². The first-order chi connectivity index (χ1) is 15.4. The Bertz CT molecular complexity index is 1040. The van der Waals surface area contributed by atoms with Crippen LogP contribution in [-0.4, -0.2) is 35.2 Å². The quantitative estimate of drug-likeness (QED) is 0.265. The normalized spacial score (nSPS) is 14.8. The molecule has 11 heteroatoms. The van der Waals surface area contributed by atoms with Gasteiger partial charge in [0.05, 0.1) is 21.6 Å². The first-order valence-electron chi connectivity index (χ1n) is 9.95. The first kappa shape index (κ1) is 27.2. The number of hydrogen-bond donors (Lipinski definition) is 3. The average Bonchev–Trinajstić information content (AvgIpc) is 2.79. The highest BCUT2D eigenvalue weighted by Gasteiger charge is 2.33. The molecule has 0 radical (unpaired) electrons. The third kappa shape index (κ3) is 6.53. The zero-order valence-corrected chi connectivity index (χ0v) is 22.6. The molecular formula is C22H25Br2NO7P+. The molecule has 0 bridgehead atoms. The molecule has 8 nitrogen and oxygen atoms in total. The molecule has 178 valence electrons. The summed E-state index contributed by atoms with van der Waals surface area (Å²) in [4.78, 5) is 24.9. The van der Waals surface area contributed by atoms with E-state index >= 15 is 0 Å². The molecule has 0 aliphatic heterocycles. The molecular weight excluding hydrogens is 581 g/mol. The summed E-state index contributed by atoms with van der Waals surface area (Å²) in [6.07, 6.45) is 0.632. The van der Waals surface area contributed by atoms with Gasteiger partial charge in [0.15, 0.2) is 5.75 Å². The van der Waals surface area contributed by atoms with Gasteiger partial charge in [-0.05, 0) is 68.1 Å². The smallest absolute Gasteiger partial charge is 0.364 e. The summed E-state index contributed by atoms with van der Waals surface area (Å²) in [7, 11) is 0.274. The number of amides is 1. The van der Waals surface area contributed by atoms with Crippen LogP contribution in [0.15, 0.2) is 39.3 Å². The molecule has 0 fully saturated rings. The molecule has 3 N–H and O–H groups in total. The molecule has 0 aliphatic carbocycles. The number of carbonyl (C=O) groups excluding carboxylic acids is 2. The lowest BCUT2D eigenvalue weighted by molar-refractivity contribution is -0.144. The second-order valence-corrected chi connectivity index (χ2v) is 10.5. The molecule has 2 rings (SSSR count). The number of rotatable bonds is 9. The van der Waals surface area contributed by atoms with Crippen molar-refractivity contribution in [2.24, 2.45) is 5.92 Å².